The summed E-state index contributed by atoms with van der Waals surface area (Å²) in [5.74, 6) is 0.928. The van der Waals surface area contributed by atoms with Gasteiger partial charge >= 0.3 is 0 Å². The van der Waals surface area contributed by atoms with Gasteiger partial charge in [-0.25, -0.2) is 15.0 Å². The molecule has 0 bridgehead atoms. The lowest BCUT2D eigenvalue weighted by atomic mass is 10.0. The first-order valence-corrected chi connectivity index (χ1v) is 16.5. The topological polar surface area (TPSA) is 146 Å². The van der Waals surface area contributed by atoms with Gasteiger partial charge in [-0.2, -0.15) is 0 Å². The second kappa shape index (κ2) is 14.3. The van der Waals surface area contributed by atoms with E-state index < -0.39 is 6.29 Å². The van der Waals surface area contributed by atoms with Gasteiger partial charge in [-0.05, 0) is 85.5 Å². The molecule has 3 aromatic heterocycles. The molecule has 1 unspecified atom stereocenters. The van der Waals surface area contributed by atoms with Crippen LogP contribution in [-0.2, 0) is 20.7 Å². The number of carbonyl (C=O) groups excluding carboxylic acids is 2. The molecule has 1 saturated heterocycles. The van der Waals surface area contributed by atoms with Crippen LogP contribution in [0.25, 0.3) is 39.5 Å². The molecule has 0 spiro atoms. The molecule has 6 aromatic rings. The Morgan fingerprint density at radius 3 is 2.50 bits per heavy atom. The summed E-state index contributed by atoms with van der Waals surface area (Å²) in [4.78, 5) is 36.7. The molecule has 11 nitrogen and oxygen atoms in total. The highest BCUT2D eigenvalue weighted by Gasteiger charge is 2.28. The standard InChI is InChI=1S/C37H33N7O3.C2H4O/c1-39-30-13-10-24(21-28(30)37-46-18-19-47-37)36(45)43-31-14-9-23-20-25(11-12-26(23)31)44-34(27-8-5-17-40-33(27)38)42-32-16-15-29(41-35(32)44)22-6-3-2-4-7-22;1-2-3/h2-8,10-13,15-17,20-21,31,37,39H,9,14,18-19H2,1H3,(H2,38,40)(H,43,45);2H,1H3. The Labute approximate surface area is 289 Å². The Balaban J connectivity index is 0.00000126. The largest absolute Gasteiger partial charge is 0.388 e. The van der Waals surface area contributed by atoms with Crippen molar-refractivity contribution < 1.29 is 19.1 Å². The summed E-state index contributed by atoms with van der Waals surface area (Å²) in [5, 5.41) is 6.43. The Morgan fingerprint density at radius 2 is 1.74 bits per heavy atom. The normalized spacial score (nSPS) is 15.3. The molecule has 0 saturated carbocycles. The Morgan fingerprint density at radius 1 is 0.940 bits per heavy atom. The van der Waals surface area contributed by atoms with Crippen LogP contribution in [0.5, 0.6) is 0 Å². The fourth-order valence-corrected chi connectivity index (χ4v) is 6.56. The van der Waals surface area contributed by atoms with Gasteiger partial charge in [-0.1, -0.05) is 36.4 Å². The van der Waals surface area contributed by atoms with Gasteiger partial charge < -0.3 is 30.6 Å². The first kappa shape index (κ1) is 32.6. The van der Waals surface area contributed by atoms with Gasteiger partial charge in [0.2, 0.25) is 0 Å². The van der Waals surface area contributed by atoms with Crippen molar-refractivity contribution >= 4 is 34.9 Å². The van der Waals surface area contributed by atoms with Gasteiger partial charge in [0.1, 0.15) is 17.6 Å². The van der Waals surface area contributed by atoms with E-state index in [1.165, 1.54) is 6.92 Å². The van der Waals surface area contributed by atoms with Gasteiger partial charge in [-0.15, -0.1) is 0 Å². The number of aldehydes is 1. The molecule has 3 aromatic carbocycles. The molecular weight excluding hydrogens is 630 g/mol. The molecule has 2 aliphatic rings. The van der Waals surface area contributed by atoms with Crippen LogP contribution in [0.15, 0.2) is 97.2 Å². The number of aromatic nitrogens is 4. The molecular formula is C39H37N7O4. The van der Waals surface area contributed by atoms with Crippen LogP contribution in [0, 0.1) is 0 Å². The second-order valence-corrected chi connectivity index (χ2v) is 11.9. The van der Waals surface area contributed by atoms with Crippen molar-refractivity contribution in [1.82, 2.24) is 24.8 Å². The summed E-state index contributed by atoms with van der Waals surface area (Å²) in [7, 11) is 1.84. The maximum Gasteiger partial charge on any atom is 0.251 e. The van der Waals surface area contributed by atoms with E-state index in [9.17, 15) is 4.79 Å². The Bertz CT molecular complexity index is 2180. The summed E-state index contributed by atoms with van der Waals surface area (Å²) in [5.41, 5.74) is 15.9. The van der Waals surface area contributed by atoms with E-state index >= 15 is 0 Å². The highest BCUT2D eigenvalue weighted by molar-refractivity contribution is 5.95. The predicted octanol–water partition coefficient (Wildman–Crippen LogP) is 6.44. The van der Waals surface area contributed by atoms with E-state index in [0.717, 1.165) is 75.2 Å². The molecule has 252 valence electrons. The number of hydrogen-bond acceptors (Lipinski definition) is 9. The number of ether oxygens (including phenoxy) is 2. The number of imidazole rings is 1. The molecule has 4 N–H and O–H groups in total. The predicted molar refractivity (Wildman–Crippen MR) is 193 cm³/mol. The number of hydrogen-bond donors (Lipinski definition) is 3. The molecule has 1 aliphatic carbocycles. The van der Waals surface area contributed by atoms with Crippen LogP contribution in [0.3, 0.4) is 0 Å². The lowest BCUT2D eigenvalue weighted by molar-refractivity contribution is -0.106. The fraction of sp³-hybridized carbons (Fsp3) is 0.205. The third-order valence-electron chi connectivity index (χ3n) is 8.88. The zero-order valence-corrected chi connectivity index (χ0v) is 27.8. The fourth-order valence-electron chi connectivity index (χ4n) is 6.56. The molecule has 11 heteroatoms. The molecule has 1 aliphatic heterocycles. The minimum Gasteiger partial charge on any atom is -0.388 e. The Hall–Kier alpha value is -5.91. The minimum atomic E-state index is -0.486. The minimum absolute atomic E-state index is 0.117. The van der Waals surface area contributed by atoms with E-state index in [-0.39, 0.29) is 11.9 Å². The number of nitrogens with one attached hydrogen (secondary N) is 2. The molecule has 1 amide bonds. The molecule has 8 rings (SSSR count). The summed E-state index contributed by atoms with van der Waals surface area (Å²) in [6.45, 7) is 2.50. The summed E-state index contributed by atoms with van der Waals surface area (Å²) in [6, 6.07) is 29.6. The third-order valence-corrected chi connectivity index (χ3v) is 8.88. The quantitative estimate of drug-likeness (QED) is 0.164. The highest BCUT2D eigenvalue weighted by Crippen LogP contribution is 2.37. The SMILES string of the molecule is CC=O.CNc1ccc(C(=O)NC2CCc3cc(-n4c(-c5cccnc5N)nc5ccc(-c6ccccc6)nc54)ccc32)cc1C1OCCO1. The Kier molecular flexibility index (Phi) is 9.32. The summed E-state index contributed by atoms with van der Waals surface area (Å²) >= 11 is 0. The van der Waals surface area contributed by atoms with Crippen molar-refractivity contribution in [3.05, 3.63) is 119 Å². The second-order valence-electron chi connectivity index (χ2n) is 11.9. The van der Waals surface area contributed by atoms with Gasteiger partial charge in [-0.3, -0.25) is 9.36 Å². The van der Waals surface area contributed by atoms with Crippen LogP contribution >= 0.6 is 0 Å². The maximum absolute atomic E-state index is 13.5. The number of aryl methyl sites for hydroxylation is 1. The highest BCUT2D eigenvalue weighted by atomic mass is 16.7. The number of nitrogen functional groups attached to an aromatic ring is 1. The number of anilines is 2. The van der Waals surface area contributed by atoms with Crippen LogP contribution < -0.4 is 16.4 Å². The summed E-state index contributed by atoms with van der Waals surface area (Å²) in [6.07, 6.45) is 3.56. The van der Waals surface area contributed by atoms with Gasteiger partial charge in [0, 0.05) is 41.3 Å². The van der Waals surface area contributed by atoms with Gasteiger partial charge in [0.15, 0.2) is 17.8 Å². The smallest absolute Gasteiger partial charge is 0.251 e. The number of benzene rings is 3. The van der Waals surface area contributed by atoms with Crippen LogP contribution in [0.1, 0.15) is 52.7 Å². The lowest BCUT2D eigenvalue weighted by Gasteiger charge is -2.18. The first-order valence-electron chi connectivity index (χ1n) is 16.5. The van der Waals surface area contributed by atoms with E-state index in [1.807, 2.05) is 79.8 Å². The number of nitrogens with two attached hydrogens (primary N) is 1. The number of fused-ring (bicyclic) bond motifs is 2. The van der Waals surface area contributed by atoms with E-state index in [0.29, 0.717) is 30.4 Å². The number of nitrogens with zero attached hydrogens (tertiary/aromatic N) is 4. The van der Waals surface area contributed by atoms with Crippen molar-refractivity contribution in [3.8, 4) is 28.3 Å². The molecule has 50 heavy (non-hydrogen) atoms. The number of pyridine rings is 2. The van der Waals surface area contributed by atoms with Gasteiger partial charge in [0.05, 0.1) is 30.5 Å². The monoisotopic (exact) mass is 667 g/mol. The number of amides is 1. The van der Waals surface area contributed by atoms with E-state index in [2.05, 4.69) is 38.4 Å². The molecule has 0 radical (unpaired) electrons. The van der Waals surface area contributed by atoms with Crippen molar-refractivity contribution in [2.24, 2.45) is 0 Å². The molecule has 1 atom stereocenters. The summed E-state index contributed by atoms with van der Waals surface area (Å²) < 4.78 is 13.5. The molecule has 1 fully saturated rings. The maximum atomic E-state index is 13.5. The molecule has 4 heterocycles. The average molecular weight is 668 g/mol. The van der Waals surface area contributed by atoms with Crippen LogP contribution in [0.2, 0.25) is 0 Å². The van der Waals surface area contributed by atoms with Crippen molar-refractivity contribution in [1.29, 1.82) is 0 Å². The van der Waals surface area contributed by atoms with Crippen molar-refractivity contribution in [3.63, 3.8) is 0 Å². The van der Waals surface area contributed by atoms with Crippen LogP contribution in [-0.4, -0.2) is 52.0 Å². The van der Waals surface area contributed by atoms with Gasteiger partial charge in [0.25, 0.3) is 5.91 Å². The first-order chi connectivity index (χ1) is 24.5. The van der Waals surface area contributed by atoms with Crippen molar-refractivity contribution in [2.75, 3.05) is 31.3 Å². The van der Waals surface area contributed by atoms with Crippen LogP contribution in [0.4, 0.5) is 11.5 Å². The van der Waals surface area contributed by atoms with E-state index in [1.54, 1.807) is 6.20 Å². The van der Waals surface area contributed by atoms with E-state index in [4.69, 9.17) is 30.0 Å². The average Bonchev–Trinajstić information content (AvgIpc) is 3.91. The lowest BCUT2D eigenvalue weighted by Crippen LogP contribution is -2.27. The zero-order chi connectivity index (χ0) is 34.6. The van der Waals surface area contributed by atoms with Crippen molar-refractivity contribution in [2.45, 2.75) is 32.1 Å². The number of rotatable bonds is 7. The number of carbonyl (C=O) groups is 2. The third kappa shape index (κ3) is 6.31. The zero-order valence-electron chi connectivity index (χ0n) is 27.8.